The van der Waals surface area contributed by atoms with Gasteiger partial charge in [-0.1, -0.05) is 6.92 Å². The Morgan fingerprint density at radius 1 is 1.50 bits per heavy atom. The minimum absolute atomic E-state index is 0.0518. The van der Waals surface area contributed by atoms with E-state index in [1.807, 2.05) is 6.92 Å². The topological polar surface area (TPSA) is 49.0 Å². The SMILES string of the molecule is CCCC(=O)NCCC[O]. The zero-order chi connectivity index (χ0) is 7.82. The van der Waals surface area contributed by atoms with Crippen molar-refractivity contribution in [3.8, 4) is 0 Å². The Hall–Kier alpha value is -0.570. The van der Waals surface area contributed by atoms with E-state index in [4.69, 9.17) is 0 Å². The molecule has 0 bridgehead atoms. The summed E-state index contributed by atoms with van der Waals surface area (Å²) in [4.78, 5) is 10.7. The van der Waals surface area contributed by atoms with Crippen LogP contribution in [0.5, 0.6) is 0 Å². The largest absolute Gasteiger partial charge is 0.356 e. The fourth-order valence-electron chi connectivity index (χ4n) is 0.615. The first-order valence-electron chi connectivity index (χ1n) is 3.66. The molecule has 0 spiro atoms. The monoisotopic (exact) mass is 144 g/mol. The van der Waals surface area contributed by atoms with Gasteiger partial charge in [-0.05, 0) is 12.8 Å². The molecule has 0 aliphatic rings. The van der Waals surface area contributed by atoms with Gasteiger partial charge in [0, 0.05) is 13.0 Å². The van der Waals surface area contributed by atoms with Crippen molar-refractivity contribution in [2.24, 2.45) is 0 Å². The van der Waals surface area contributed by atoms with Gasteiger partial charge in [0.05, 0.1) is 6.61 Å². The van der Waals surface area contributed by atoms with Gasteiger partial charge in [-0.15, -0.1) is 0 Å². The van der Waals surface area contributed by atoms with Gasteiger partial charge in [0.25, 0.3) is 0 Å². The Kier molecular flexibility index (Phi) is 6.18. The van der Waals surface area contributed by atoms with Crippen molar-refractivity contribution >= 4 is 5.91 Å². The van der Waals surface area contributed by atoms with Crippen molar-refractivity contribution in [2.75, 3.05) is 13.2 Å². The third-order valence-corrected chi connectivity index (χ3v) is 1.12. The molecule has 59 valence electrons. The van der Waals surface area contributed by atoms with Crippen LogP contribution in [0.2, 0.25) is 0 Å². The minimum atomic E-state index is -0.105. The average molecular weight is 144 g/mol. The first kappa shape index (κ1) is 9.43. The molecule has 0 saturated heterocycles. The van der Waals surface area contributed by atoms with Crippen LogP contribution in [0.1, 0.15) is 26.2 Å². The van der Waals surface area contributed by atoms with Crippen LogP contribution in [0.25, 0.3) is 0 Å². The van der Waals surface area contributed by atoms with Crippen LogP contribution >= 0.6 is 0 Å². The van der Waals surface area contributed by atoms with Gasteiger partial charge in [-0.25, -0.2) is 5.11 Å². The highest BCUT2D eigenvalue weighted by Gasteiger charge is 1.95. The van der Waals surface area contributed by atoms with Crippen molar-refractivity contribution in [1.82, 2.24) is 5.32 Å². The summed E-state index contributed by atoms with van der Waals surface area (Å²) >= 11 is 0. The summed E-state index contributed by atoms with van der Waals surface area (Å²) in [6.07, 6.45) is 1.97. The van der Waals surface area contributed by atoms with Gasteiger partial charge in [0.2, 0.25) is 5.91 Å². The van der Waals surface area contributed by atoms with Crippen LogP contribution in [0.3, 0.4) is 0 Å². The number of amides is 1. The molecule has 0 saturated carbocycles. The van der Waals surface area contributed by atoms with Crippen molar-refractivity contribution in [3.63, 3.8) is 0 Å². The zero-order valence-corrected chi connectivity index (χ0v) is 6.35. The van der Waals surface area contributed by atoms with Crippen molar-refractivity contribution in [2.45, 2.75) is 26.2 Å². The van der Waals surface area contributed by atoms with Crippen molar-refractivity contribution < 1.29 is 9.90 Å². The minimum Gasteiger partial charge on any atom is -0.356 e. The maximum Gasteiger partial charge on any atom is 0.219 e. The molecule has 0 aromatic heterocycles. The van der Waals surface area contributed by atoms with Crippen LogP contribution in [0.4, 0.5) is 0 Å². The predicted molar refractivity (Wildman–Crippen MR) is 38.1 cm³/mol. The van der Waals surface area contributed by atoms with Crippen LogP contribution in [0.15, 0.2) is 0 Å². The van der Waals surface area contributed by atoms with E-state index in [2.05, 4.69) is 5.32 Å². The molecular weight excluding hydrogens is 130 g/mol. The molecule has 0 aromatic rings. The first-order valence-corrected chi connectivity index (χ1v) is 3.66. The van der Waals surface area contributed by atoms with E-state index < -0.39 is 0 Å². The van der Waals surface area contributed by atoms with Gasteiger partial charge in [-0.2, -0.15) is 0 Å². The number of hydrogen-bond donors (Lipinski definition) is 1. The second-order valence-corrected chi connectivity index (χ2v) is 2.16. The van der Waals surface area contributed by atoms with Crippen molar-refractivity contribution in [3.05, 3.63) is 0 Å². The first-order chi connectivity index (χ1) is 4.81. The second kappa shape index (κ2) is 6.55. The molecule has 3 nitrogen and oxygen atoms in total. The van der Waals surface area contributed by atoms with E-state index in [1.54, 1.807) is 0 Å². The lowest BCUT2D eigenvalue weighted by molar-refractivity contribution is -0.121. The smallest absolute Gasteiger partial charge is 0.219 e. The summed E-state index contributed by atoms with van der Waals surface area (Å²) in [6.45, 7) is 2.38. The third kappa shape index (κ3) is 5.56. The van der Waals surface area contributed by atoms with Crippen molar-refractivity contribution in [1.29, 1.82) is 0 Å². The Morgan fingerprint density at radius 2 is 2.20 bits per heavy atom. The molecule has 1 radical (unpaired) electrons. The van der Waals surface area contributed by atoms with Crippen LogP contribution in [-0.2, 0) is 9.90 Å². The number of carbonyl (C=O) groups excluding carboxylic acids is 1. The number of nitrogens with one attached hydrogen (secondary N) is 1. The molecule has 0 rings (SSSR count). The zero-order valence-electron chi connectivity index (χ0n) is 6.35. The van der Waals surface area contributed by atoms with Gasteiger partial charge < -0.3 is 5.32 Å². The molecule has 1 N–H and O–H groups in total. The standard InChI is InChI=1S/C7H14NO2/c1-2-4-7(10)8-5-3-6-9/h2-6H2,1H3,(H,8,10). The highest BCUT2D eigenvalue weighted by atomic mass is 16.3. The molecule has 10 heavy (non-hydrogen) atoms. The van der Waals surface area contributed by atoms with E-state index in [0.29, 0.717) is 19.4 Å². The summed E-state index contributed by atoms with van der Waals surface area (Å²) in [6, 6.07) is 0. The molecule has 0 aliphatic heterocycles. The molecule has 0 unspecified atom stereocenters. The average Bonchev–Trinajstić information content (AvgIpc) is 1.89. The van der Waals surface area contributed by atoms with E-state index in [-0.39, 0.29) is 12.5 Å². The highest BCUT2D eigenvalue weighted by molar-refractivity contribution is 5.75. The van der Waals surface area contributed by atoms with E-state index in [1.165, 1.54) is 0 Å². The normalized spacial score (nSPS) is 9.40. The van der Waals surface area contributed by atoms with Gasteiger partial charge in [0.15, 0.2) is 0 Å². The Balaban J connectivity index is 3.05. The summed E-state index contributed by atoms with van der Waals surface area (Å²) in [7, 11) is 0. The molecule has 0 fully saturated rings. The van der Waals surface area contributed by atoms with Gasteiger partial charge in [-0.3, -0.25) is 4.79 Å². The number of carbonyl (C=O) groups is 1. The number of rotatable bonds is 5. The molecular formula is C7H14NO2. The molecule has 3 heteroatoms. The fraction of sp³-hybridized carbons (Fsp3) is 0.857. The maximum absolute atomic E-state index is 10.7. The lowest BCUT2D eigenvalue weighted by Gasteiger charge is -2.00. The Bertz CT molecular complexity index is 93.6. The predicted octanol–water partition coefficient (Wildman–Crippen LogP) is 0.723. The summed E-state index contributed by atoms with van der Waals surface area (Å²) in [5.41, 5.74) is 0. The quantitative estimate of drug-likeness (QED) is 0.568. The number of hydrogen-bond acceptors (Lipinski definition) is 1. The fourth-order valence-corrected chi connectivity index (χ4v) is 0.615. The third-order valence-electron chi connectivity index (χ3n) is 1.12. The Morgan fingerprint density at radius 3 is 2.70 bits per heavy atom. The van der Waals surface area contributed by atoms with Gasteiger partial charge >= 0.3 is 0 Å². The van der Waals surface area contributed by atoms with Crippen LogP contribution in [-0.4, -0.2) is 19.1 Å². The molecule has 0 aromatic carbocycles. The van der Waals surface area contributed by atoms with Crippen LogP contribution < -0.4 is 5.32 Å². The van der Waals surface area contributed by atoms with Gasteiger partial charge in [0.1, 0.15) is 0 Å². The summed E-state index contributed by atoms with van der Waals surface area (Å²) in [5, 5.41) is 12.6. The summed E-state index contributed by atoms with van der Waals surface area (Å²) in [5.74, 6) is 0.0518. The lowest BCUT2D eigenvalue weighted by Crippen LogP contribution is -2.24. The highest BCUT2D eigenvalue weighted by Crippen LogP contribution is 1.85. The molecule has 0 atom stereocenters. The van der Waals surface area contributed by atoms with Crippen LogP contribution in [0, 0.1) is 0 Å². The Labute approximate surface area is 61.4 Å². The van der Waals surface area contributed by atoms with E-state index in [0.717, 1.165) is 6.42 Å². The molecule has 0 heterocycles. The summed E-state index contributed by atoms with van der Waals surface area (Å²) < 4.78 is 0. The molecule has 0 aliphatic carbocycles. The van der Waals surface area contributed by atoms with E-state index >= 15 is 0 Å². The molecule has 1 amide bonds. The lowest BCUT2D eigenvalue weighted by atomic mass is 10.3. The maximum atomic E-state index is 10.7. The second-order valence-electron chi connectivity index (χ2n) is 2.16. The van der Waals surface area contributed by atoms with E-state index in [9.17, 15) is 9.90 Å².